The molecule has 2 heteroatoms. The van der Waals surface area contributed by atoms with Gasteiger partial charge in [-0.2, -0.15) is 0 Å². The van der Waals surface area contributed by atoms with Gasteiger partial charge >= 0.3 is 0 Å². The van der Waals surface area contributed by atoms with Gasteiger partial charge in [-0.15, -0.1) is 11.6 Å². The van der Waals surface area contributed by atoms with Crippen molar-refractivity contribution in [1.82, 2.24) is 0 Å². The topological polar surface area (TPSA) is 20.2 Å². The van der Waals surface area contributed by atoms with Crippen molar-refractivity contribution in [2.45, 2.75) is 32.1 Å². The van der Waals surface area contributed by atoms with E-state index in [1.165, 1.54) is 0 Å². The normalized spacial score (nSPS) is 15.1. The Bertz CT molecular complexity index is 285. The Morgan fingerprint density at radius 3 is 2.71 bits per heavy atom. The van der Waals surface area contributed by atoms with Gasteiger partial charge in [0.1, 0.15) is 5.75 Å². The van der Waals surface area contributed by atoms with Crippen molar-refractivity contribution in [3.63, 3.8) is 0 Å². The van der Waals surface area contributed by atoms with Crippen molar-refractivity contribution in [1.29, 1.82) is 0 Å². The van der Waals surface area contributed by atoms with Crippen LogP contribution < -0.4 is 0 Å². The molecular formula is C12H17ClO. The first-order valence-corrected chi connectivity index (χ1v) is 5.49. The standard InChI is InChI=1S/C12H17ClO/c1-3-12(13)9(2)7-10-5-4-6-11(14)8-10/h4-6,8-9,12,14H,3,7H2,1-2H3. The zero-order valence-electron chi connectivity index (χ0n) is 8.70. The lowest BCUT2D eigenvalue weighted by molar-refractivity contribution is 0.472. The van der Waals surface area contributed by atoms with Crippen molar-refractivity contribution < 1.29 is 5.11 Å². The summed E-state index contributed by atoms with van der Waals surface area (Å²) in [5.41, 5.74) is 1.15. The van der Waals surface area contributed by atoms with Crippen LogP contribution in [0.2, 0.25) is 0 Å². The minimum Gasteiger partial charge on any atom is -0.508 e. The fraction of sp³-hybridized carbons (Fsp3) is 0.500. The van der Waals surface area contributed by atoms with Gasteiger partial charge in [0.15, 0.2) is 0 Å². The molecule has 0 aromatic heterocycles. The highest BCUT2D eigenvalue weighted by molar-refractivity contribution is 6.20. The molecule has 0 aliphatic heterocycles. The Labute approximate surface area is 90.7 Å². The molecule has 0 fully saturated rings. The molecule has 0 amide bonds. The van der Waals surface area contributed by atoms with Gasteiger partial charge in [-0.1, -0.05) is 26.0 Å². The molecule has 0 saturated heterocycles. The summed E-state index contributed by atoms with van der Waals surface area (Å²) >= 11 is 6.14. The number of halogens is 1. The lowest BCUT2D eigenvalue weighted by Gasteiger charge is -2.16. The highest BCUT2D eigenvalue weighted by atomic mass is 35.5. The van der Waals surface area contributed by atoms with Crippen LogP contribution in [0.1, 0.15) is 25.8 Å². The van der Waals surface area contributed by atoms with E-state index < -0.39 is 0 Å². The van der Waals surface area contributed by atoms with Gasteiger partial charge in [0.05, 0.1) is 0 Å². The molecule has 0 spiro atoms. The van der Waals surface area contributed by atoms with E-state index in [-0.39, 0.29) is 5.38 Å². The lowest BCUT2D eigenvalue weighted by atomic mass is 9.96. The Morgan fingerprint density at radius 2 is 2.14 bits per heavy atom. The summed E-state index contributed by atoms with van der Waals surface area (Å²) in [6.07, 6.45) is 1.91. The summed E-state index contributed by atoms with van der Waals surface area (Å²) in [5.74, 6) is 0.779. The summed E-state index contributed by atoms with van der Waals surface area (Å²) in [7, 11) is 0. The Balaban J connectivity index is 2.60. The maximum atomic E-state index is 9.29. The summed E-state index contributed by atoms with van der Waals surface area (Å²) in [5, 5.41) is 9.51. The molecule has 0 heterocycles. The third-order valence-corrected chi connectivity index (χ3v) is 3.21. The first-order chi connectivity index (χ1) is 6.63. The predicted molar refractivity (Wildman–Crippen MR) is 60.9 cm³/mol. The molecule has 2 atom stereocenters. The minimum absolute atomic E-state index is 0.220. The lowest BCUT2D eigenvalue weighted by Crippen LogP contribution is -2.12. The molecule has 1 aromatic rings. The van der Waals surface area contributed by atoms with Crippen LogP contribution in [0.25, 0.3) is 0 Å². The van der Waals surface area contributed by atoms with Crippen LogP contribution in [-0.2, 0) is 6.42 Å². The minimum atomic E-state index is 0.220. The molecule has 1 rings (SSSR count). The summed E-state index contributed by atoms with van der Waals surface area (Å²) in [4.78, 5) is 0. The molecule has 2 unspecified atom stereocenters. The molecule has 0 bridgehead atoms. The summed E-state index contributed by atoms with van der Waals surface area (Å²) < 4.78 is 0. The van der Waals surface area contributed by atoms with Gasteiger partial charge in [0.25, 0.3) is 0 Å². The van der Waals surface area contributed by atoms with Gasteiger partial charge < -0.3 is 5.11 Å². The average Bonchev–Trinajstić information content (AvgIpc) is 2.16. The number of benzene rings is 1. The fourth-order valence-electron chi connectivity index (χ4n) is 1.59. The maximum absolute atomic E-state index is 9.29. The first-order valence-electron chi connectivity index (χ1n) is 5.05. The van der Waals surface area contributed by atoms with E-state index in [9.17, 15) is 5.11 Å². The van der Waals surface area contributed by atoms with E-state index in [2.05, 4.69) is 13.8 Å². The van der Waals surface area contributed by atoms with Crippen LogP contribution >= 0.6 is 11.6 Å². The second kappa shape index (κ2) is 5.26. The second-order valence-electron chi connectivity index (χ2n) is 3.78. The molecule has 1 aromatic carbocycles. The molecule has 1 N–H and O–H groups in total. The van der Waals surface area contributed by atoms with Crippen molar-refractivity contribution in [3.8, 4) is 5.75 Å². The van der Waals surface area contributed by atoms with E-state index in [0.717, 1.165) is 18.4 Å². The van der Waals surface area contributed by atoms with Crippen molar-refractivity contribution in [3.05, 3.63) is 29.8 Å². The number of phenolic OH excluding ortho intramolecular Hbond substituents is 1. The summed E-state index contributed by atoms with van der Waals surface area (Å²) in [6, 6.07) is 7.38. The SMILES string of the molecule is CCC(Cl)C(C)Cc1cccc(O)c1. The molecule has 78 valence electrons. The number of alkyl halides is 1. The Kier molecular flexibility index (Phi) is 4.27. The van der Waals surface area contributed by atoms with Gasteiger partial charge in [-0.3, -0.25) is 0 Å². The van der Waals surface area contributed by atoms with Gasteiger partial charge in [0, 0.05) is 5.38 Å². The summed E-state index contributed by atoms with van der Waals surface area (Å²) in [6.45, 7) is 4.24. The Morgan fingerprint density at radius 1 is 1.43 bits per heavy atom. The van der Waals surface area contributed by atoms with E-state index in [1.807, 2.05) is 12.1 Å². The van der Waals surface area contributed by atoms with Gasteiger partial charge in [-0.25, -0.2) is 0 Å². The maximum Gasteiger partial charge on any atom is 0.115 e. The predicted octanol–water partition coefficient (Wildman–Crippen LogP) is 3.59. The number of phenols is 1. The van der Waals surface area contributed by atoms with Gasteiger partial charge in [0.2, 0.25) is 0 Å². The molecule has 14 heavy (non-hydrogen) atoms. The third kappa shape index (κ3) is 3.22. The van der Waals surface area contributed by atoms with E-state index in [4.69, 9.17) is 11.6 Å². The second-order valence-corrected chi connectivity index (χ2v) is 4.34. The van der Waals surface area contributed by atoms with Gasteiger partial charge in [-0.05, 0) is 36.5 Å². The number of rotatable bonds is 4. The smallest absolute Gasteiger partial charge is 0.115 e. The van der Waals surface area contributed by atoms with E-state index >= 15 is 0 Å². The number of aromatic hydroxyl groups is 1. The number of hydrogen-bond acceptors (Lipinski definition) is 1. The highest BCUT2D eigenvalue weighted by Gasteiger charge is 2.12. The van der Waals surface area contributed by atoms with Crippen LogP contribution in [-0.4, -0.2) is 10.5 Å². The zero-order chi connectivity index (χ0) is 10.6. The highest BCUT2D eigenvalue weighted by Crippen LogP contribution is 2.20. The fourth-order valence-corrected chi connectivity index (χ4v) is 1.67. The van der Waals surface area contributed by atoms with E-state index in [0.29, 0.717) is 11.7 Å². The quantitative estimate of drug-likeness (QED) is 0.757. The third-order valence-electron chi connectivity index (χ3n) is 2.48. The molecule has 1 nitrogen and oxygen atoms in total. The Hall–Kier alpha value is -0.690. The molecule has 0 aliphatic carbocycles. The number of hydrogen-bond donors (Lipinski definition) is 1. The largest absolute Gasteiger partial charge is 0.508 e. The monoisotopic (exact) mass is 212 g/mol. The molecular weight excluding hydrogens is 196 g/mol. The van der Waals surface area contributed by atoms with Crippen LogP contribution in [0.5, 0.6) is 5.75 Å². The zero-order valence-corrected chi connectivity index (χ0v) is 9.46. The molecule has 0 aliphatic rings. The average molecular weight is 213 g/mol. The van der Waals surface area contributed by atoms with Crippen LogP contribution in [0.4, 0.5) is 0 Å². The van der Waals surface area contributed by atoms with E-state index in [1.54, 1.807) is 12.1 Å². The van der Waals surface area contributed by atoms with Crippen molar-refractivity contribution >= 4 is 11.6 Å². The van der Waals surface area contributed by atoms with Crippen LogP contribution in [0.3, 0.4) is 0 Å². The molecule has 0 saturated carbocycles. The molecule has 0 radical (unpaired) electrons. The van der Waals surface area contributed by atoms with Crippen LogP contribution in [0, 0.1) is 5.92 Å². The van der Waals surface area contributed by atoms with Crippen molar-refractivity contribution in [2.75, 3.05) is 0 Å². The van der Waals surface area contributed by atoms with Crippen LogP contribution in [0.15, 0.2) is 24.3 Å². The van der Waals surface area contributed by atoms with Crippen molar-refractivity contribution in [2.24, 2.45) is 5.92 Å². The first kappa shape index (κ1) is 11.4.